The molecule has 0 N–H and O–H groups in total. The second-order valence-corrected chi connectivity index (χ2v) is 5.62. The van der Waals surface area contributed by atoms with E-state index in [4.69, 9.17) is 4.74 Å². The third-order valence-electron chi connectivity index (χ3n) is 4.63. The Morgan fingerprint density at radius 1 is 1.47 bits per heavy atom. The molecule has 2 fully saturated rings. The standard InChI is InChI=1S/C13H16O2/c1-5-12(4)8-6-7-13(9(8)10(12)14)11(2,3)15-13/h5-9H,1H2,2-4H3/t8-,9+,12+,13+/m0/s1. The van der Waals surface area contributed by atoms with Gasteiger partial charge in [-0.2, -0.15) is 0 Å². The van der Waals surface area contributed by atoms with Crippen molar-refractivity contribution in [3.05, 3.63) is 24.8 Å². The largest absolute Gasteiger partial charge is 0.358 e. The predicted molar refractivity (Wildman–Crippen MR) is 57.3 cm³/mol. The van der Waals surface area contributed by atoms with Crippen molar-refractivity contribution in [2.45, 2.75) is 32.0 Å². The van der Waals surface area contributed by atoms with Crippen LogP contribution in [0.25, 0.3) is 0 Å². The number of rotatable bonds is 1. The van der Waals surface area contributed by atoms with Crippen molar-refractivity contribution >= 4 is 5.78 Å². The lowest BCUT2D eigenvalue weighted by Gasteiger charge is -2.47. The van der Waals surface area contributed by atoms with Crippen LogP contribution in [0.2, 0.25) is 0 Å². The molecule has 0 aromatic heterocycles. The van der Waals surface area contributed by atoms with Crippen LogP contribution in [0, 0.1) is 17.3 Å². The van der Waals surface area contributed by atoms with Gasteiger partial charge in [0, 0.05) is 5.92 Å². The average molecular weight is 204 g/mol. The number of hydrogen-bond donors (Lipinski definition) is 0. The SMILES string of the molecule is C=C[C@@]1(C)C(=O)[C@H]2[C@@H]1C=C[C@@]21OC1(C)C. The average Bonchev–Trinajstić information content (AvgIpc) is 2.59. The first kappa shape index (κ1) is 9.34. The fourth-order valence-corrected chi connectivity index (χ4v) is 3.34. The Bertz CT molecular complexity index is 407. The van der Waals surface area contributed by atoms with Crippen LogP contribution in [-0.2, 0) is 9.53 Å². The summed E-state index contributed by atoms with van der Waals surface area (Å²) in [6.07, 6.45) is 6.02. The summed E-state index contributed by atoms with van der Waals surface area (Å²) in [7, 11) is 0. The Morgan fingerprint density at radius 3 is 2.53 bits per heavy atom. The third-order valence-corrected chi connectivity index (χ3v) is 4.63. The van der Waals surface area contributed by atoms with Gasteiger partial charge in [0.2, 0.25) is 0 Å². The zero-order valence-corrected chi connectivity index (χ0v) is 9.41. The van der Waals surface area contributed by atoms with Gasteiger partial charge in [0.25, 0.3) is 0 Å². The van der Waals surface area contributed by atoms with Gasteiger partial charge in [-0.3, -0.25) is 4.79 Å². The van der Waals surface area contributed by atoms with Gasteiger partial charge in [0.05, 0.1) is 16.9 Å². The topological polar surface area (TPSA) is 29.6 Å². The lowest BCUT2D eigenvalue weighted by Crippen LogP contribution is -2.57. The molecule has 1 saturated heterocycles. The maximum absolute atomic E-state index is 12.1. The molecule has 0 bridgehead atoms. The van der Waals surface area contributed by atoms with Crippen LogP contribution in [0.4, 0.5) is 0 Å². The number of allylic oxidation sites excluding steroid dienone is 2. The first-order chi connectivity index (χ1) is 6.89. The number of ether oxygens (including phenoxy) is 1. The van der Waals surface area contributed by atoms with E-state index in [-0.39, 0.29) is 28.3 Å². The van der Waals surface area contributed by atoms with Crippen LogP contribution >= 0.6 is 0 Å². The molecule has 3 aliphatic rings. The summed E-state index contributed by atoms with van der Waals surface area (Å²) < 4.78 is 5.75. The summed E-state index contributed by atoms with van der Waals surface area (Å²) in [6.45, 7) is 9.85. The number of fused-ring (bicyclic) bond motifs is 2. The van der Waals surface area contributed by atoms with Crippen LogP contribution in [0.3, 0.4) is 0 Å². The third kappa shape index (κ3) is 0.729. The van der Waals surface area contributed by atoms with Crippen LogP contribution in [-0.4, -0.2) is 17.0 Å². The molecular formula is C13H16O2. The van der Waals surface area contributed by atoms with Crippen molar-refractivity contribution in [1.29, 1.82) is 0 Å². The number of Topliss-reactive ketones (excluding diaryl/α,β-unsaturated/α-hetero) is 1. The van der Waals surface area contributed by atoms with E-state index in [2.05, 4.69) is 32.6 Å². The molecule has 15 heavy (non-hydrogen) atoms. The van der Waals surface area contributed by atoms with Gasteiger partial charge in [-0.05, 0) is 20.8 Å². The minimum Gasteiger partial charge on any atom is -0.358 e. The molecule has 2 heteroatoms. The first-order valence-corrected chi connectivity index (χ1v) is 5.46. The van der Waals surface area contributed by atoms with Crippen molar-refractivity contribution in [2.24, 2.45) is 17.3 Å². The summed E-state index contributed by atoms with van der Waals surface area (Å²) in [6, 6.07) is 0. The molecule has 2 aliphatic carbocycles. The molecule has 80 valence electrons. The van der Waals surface area contributed by atoms with Crippen LogP contribution < -0.4 is 0 Å². The Balaban J connectivity index is 1.99. The van der Waals surface area contributed by atoms with Gasteiger partial charge < -0.3 is 4.74 Å². The van der Waals surface area contributed by atoms with Gasteiger partial charge in [0.1, 0.15) is 11.4 Å². The summed E-state index contributed by atoms with van der Waals surface area (Å²) in [5, 5.41) is 0. The molecule has 1 spiro atoms. The minimum atomic E-state index is -0.354. The number of carbonyl (C=O) groups excluding carboxylic acids is 1. The first-order valence-electron chi connectivity index (χ1n) is 5.46. The number of carbonyl (C=O) groups is 1. The number of ketones is 1. The molecule has 1 saturated carbocycles. The van der Waals surface area contributed by atoms with Crippen molar-refractivity contribution in [1.82, 2.24) is 0 Å². The normalized spacial score (nSPS) is 53.9. The van der Waals surface area contributed by atoms with E-state index in [0.29, 0.717) is 5.92 Å². The fraction of sp³-hybridized carbons (Fsp3) is 0.615. The maximum Gasteiger partial charge on any atom is 0.150 e. The Hall–Kier alpha value is -0.890. The zero-order chi connectivity index (χ0) is 11.1. The summed E-state index contributed by atoms with van der Waals surface area (Å²) in [5.41, 5.74) is -0.814. The summed E-state index contributed by atoms with van der Waals surface area (Å²) in [5.74, 6) is 0.623. The lowest BCUT2D eigenvalue weighted by atomic mass is 9.52. The molecule has 1 heterocycles. The monoisotopic (exact) mass is 204 g/mol. The van der Waals surface area contributed by atoms with Crippen molar-refractivity contribution in [3.8, 4) is 0 Å². The van der Waals surface area contributed by atoms with Crippen LogP contribution in [0.1, 0.15) is 20.8 Å². The minimum absolute atomic E-state index is 0.0375. The van der Waals surface area contributed by atoms with E-state index in [0.717, 1.165) is 0 Å². The fourth-order valence-electron chi connectivity index (χ4n) is 3.34. The molecule has 1 aliphatic heterocycles. The van der Waals surface area contributed by atoms with E-state index < -0.39 is 0 Å². The van der Waals surface area contributed by atoms with Gasteiger partial charge in [-0.25, -0.2) is 0 Å². The molecule has 0 aromatic rings. The summed E-state index contributed by atoms with van der Waals surface area (Å²) in [4.78, 5) is 12.1. The van der Waals surface area contributed by atoms with Crippen molar-refractivity contribution in [2.75, 3.05) is 0 Å². The smallest absolute Gasteiger partial charge is 0.150 e. The molecule has 2 nitrogen and oxygen atoms in total. The van der Waals surface area contributed by atoms with E-state index in [1.807, 2.05) is 6.92 Å². The highest BCUT2D eigenvalue weighted by Gasteiger charge is 2.78. The highest BCUT2D eigenvalue weighted by atomic mass is 16.6. The van der Waals surface area contributed by atoms with E-state index in [1.165, 1.54) is 0 Å². The van der Waals surface area contributed by atoms with E-state index in [9.17, 15) is 4.79 Å². The van der Waals surface area contributed by atoms with Crippen LogP contribution in [0.5, 0.6) is 0 Å². The zero-order valence-electron chi connectivity index (χ0n) is 9.41. The van der Waals surface area contributed by atoms with Gasteiger partial charge >= 0.3 is 0 Å². The number of epoxide rings is 1. The number of hydrogen-bond acceptors (Lipinski definition) is 2. The van der Waals surface area contributed by atoms with E-state index in [1.54, 1.807) is 6.08 Å². The molecule has 3 rings (SSSR count). The van der Waals surface area contributed by atoms with Gasteiger partial charge in [-0.15, -0.1) is 6.58 Å². The quantitative estimate of drug-likeness (QED) is 0.483. The Morgan fingerprint density at radius 2 is 2.07 bits per heavy atom. The molecule has 0 radical (unpaired) electrons. The molecular weight excluding hydrogens is 188 g/mol. The Kier molecular flexibility index (Phi) is 1.32. The molecule has 0 aromatic carbocycles. The van der Waals surface area contributed by atoms with Gasteiger partial charge in [0.15, 0.2) is 0 Å². The molecule has 4 atom stereocenters. The second kappa shape index (κ2) is 2.12. The molecule has 0 amide bonds. The van der Waals surface area contributed by atoms with Gasteiger partial charge in [-0.1, -0.05) is 18.2 Å². The highest BCUT2D eigenvalue weighted by molar-refractivity contribution is 5.99. The Labute approximate surface area is 90.0 Å². The van der Waals surface area contributed by atoms with Crippen LogP contribution in [0.15, 0.2) is 24.8 Å². The molecule has 0 unspecified atom stereocenters. The van der Waals surface area contributed by atoms with E-state index >= 15 is 0 Å². The predicted octanol–water partition coefficient (Wildman–Crippen LogP) is 2.11. The second-order valence-electron chi connectivity index (χ2n) is 5.62. The maximum atomic E-state index is 12.1. The lowest BCUT2D eigenvalue weighted by molar-refractivity contribution is -0.148. The van der Waals surface area contributed by atoms with Crippen molar-refractivity contribution < 1.29 is 9.53 Å². The highest BCUT2D eigenvalue weighted by Crippen LogP contribution is 2.68. The van der Waals surface area contributed by atoms with Crippen molar-refractivity contribution in [3.63, 3.8) is 0 Å². The summed E-state index contributed by atoms with van der Waals surface area (Å²) >= 11 is 0.